The van der Waals surface area contributed by atoms with Crippen LogP contribution in [0.4, 0.5) is 5.69 Å². The summed E-state index contributed by atoms with van der Waals surface area (Å²) in [4.78, 5) is 34.8. The van der Waals surface area contributed by atoms with Crippen molar-refractivity contribution in [3.63, 3.8) is 0 Å². The van der Waals surface area contributed by atoms with Gasteiger partial charge < -0.3 is 10.0 Å². The van der Waals surface area contributed by atoms with E-state index in [1.807, 2.05) is 0 Å². The number of rotatable bonds is 6. The van der Waals surface area contributed by atoms with Gasteiger partial charge in [-0.25, -0.2) is 4.79 Å². The first-order valence-corrected chi connectivity index (χ1v) is 6.68. The zero-order chi connectivity index (χ0) is 17.2. The van der Waals surface area contributed by atoms with Crippen LogP contribution in [-0.2, 0) is 16.1 Å². The summed E-state index contributed by atoms with van der Waals surface area (Å²) in [5.74, 6) is -1.48. The van der Waals surface area contributed by atoms with Crippen molar-refractivity contribution < 1.29 is 19.6 Å². The van der Waals surface area contributed by atoms with E-state index in [4.69, 9.17) is 5.11 Å². The van der Waals surface area contributed by atoms with Crippen LogP contribution in [0, 0.1) is 24.0 Å². The predicted molar refractivity (Wildman–Crippen MR) is 77.5 cm³/mol. The third-order valence-electron chi connectivity index (χ3n) is 3.80. The first kappa shape index (κ1) is 17.6. The number of nitro groups is 1. The Bertz CT molecular complexity index is 620. The molecular formula is C13H20N4O5. The highest BCUT2D eigenvalue weighted by atomic mass is 16.6. The van der Waals surface area contributed by atoms with E-state index in [-0.39, 0.29) is 30.3 Å². The molecule has 0 unspecified atom stereocenters. The Morgan fingerprint density at radius 1 is 1.41 bits per heavy atom. The number of aliphatic carboxylic acids is 1. The second kappa shape index (κ2) is 6.12. The lowest BCUT2D eigenvalue weighted by atomic mass is 10.0. The number of carbonyl (C=O) groups is 2. The number of carboxylic acids is 1. The molecule has 0 aliphatic heterocycles. The lowest BCUT2D eigenvalue weighted by Crippen LogP contribution is -2.50. The van der Waals surface area contributed by atoms with E-state index in [2.05, 4.69) is 5.10 Å². The van der Waals surface area contributed by atoms with Crippen LogP contribution >= 0.6 is 0 Å². The van der Waals surface area contributed by atoms with Gasteiger partial charge in [-0.3, -0.25) is 19.6 Å². The Morgan fingerprint density at radius 3 is 2.36 bits per heavy atom. The van der Waals surface area contributed by atoms with Gasteiger partial charge in [0.05, 0.1) is 11.5 Å². The minimum atomic E-state index is -1.32. The fourth-order valence-corrected chi connectivity index (χ4v) is 1.99. The van der Waals surface area contributed by atoms with Crippen LogP contribution in [0.5, 0.6) is 0 Å². The molecule has 0 aromatic carbocycles. The van der Waals surface area contributed by atoms with Crippen molar-refractivity contribution in [3.05, 3.63) is 21.5 Å². The fraction of sp³-hybridized carbons (Fsp3) is 0.615. The quantitative estimate of drug-likeness (QED) is 0.621. The predicted octanol–water partition coefficient (Wildman–Crippen LogP) is 1.12. The molecule has 22 heavy (non-hydrogen) atoms. The summed E-state index contributed by atoms with van der Waals surface area (Å²) in [6, 6.07) is 0. The first-order chi connectivity index (χ1) is 10.00. The van der Waals surface area contributed by atoms with E-state index < -0.39 is 16.4 Å². The number of hydrogen-bond donors (Lipinski definition) is 1. The van der Waals surface area contributed by atoms with Crippen molar-refractivity contribution >= 4 is 17.6 Å². The topological polar surface area (TPSA) is 119 Å². The maximum Gasteiger partial charge on any atom is 0.329 e. The van der Waals surface area contributed by atoms with E-state index >= 15 is 0 Å². The summed E-state index contributed by atoms with van der Waals surface area (Å²) < 4.78 is 1.40. The molecule has 1 amide bonds. The molecule has 0 atom stereocenters. The van der Waals surface area contributed by atoms with E-state index in [9.17, 15) is 19.7 Å². The Balaban J connectivity index is 2.83. The molecule has 0 saturated heterocycles. The van der Waals surface area contributed by atoms with Crippen LogP contribution in [-0.4, -0.2) is 49.2 Å². The van der Waals surface area contributed by atoms with Crippen molar-refractivity contribution in [2.24, 2.45) is 0 Å². The lowest BCUT2D eigenvalue weighted by molar-refractivity contribution is -0.386. The highest BCUT2D eigenvalue weighted by molar-refractivity contribution is 5.86. The average Bonchev–Trinajstić information content (AvgIpc) is 2.69. The second-order valence-electron chi connectivity index (χ2n) is 5.57. The molecule has 1 aromatic heterocycles. The van der Waals surface area contributed by atoms with Crippen LogP contribution in [0.15, 0.2) is 0 Å². The summed E-state index contributed by atoms with van der Waals surface area (Å²) in [5.41, 5.74) is -0.727. The molecule has 1 heterocycles. The normalized spacial score (nSPS) is 11.3. The Morgan fingerprint density at radius 2 is 1.95 bits per heavy atom. The minimum Gasteiger partial charge on any atom is -0.480 e. The highest BCUT2D eigenvalue weighted by Crippen LogP contribution is 2.22. The highest BCUT2D eigenvalue weighted by Gasteiger charge is 2.35. The number of aromatic nitrogens is 2. The first-order valence-electron chi connectivity index (χ1n) is 6.68. The Labute approximate surface area is 127 Å². The third-order valence-corrected chi connectivity index (χ3v) is 3.80. The number of hydrogen-bond acceptors (Lipinski definition) is 5. The SMILES string of the molecule is Cc1nn(CCC(=O)N(C)C(C)(C)C(=O)O)c(C)c1[N+](=O)[O-]. The van der Waals surface area contributed by atoms with Crippen molar-refractivity contribution in [2.45, 2.75) is 46.2 Å². The standard InChI is InChI=1S/C13H20N4O5/c1-8-11(17(21)22)9(2)16(14-8)7-6-10(18)15(5)13(3,4)12(19)20/h6-7H2,1-5H3,(H,19,20). The average molecular weight is 312 g/mol. The van der Waals surface area contributed by atoms with Gasteiger partial charge in [0.15, 0.2) is 0 Å². The van der Waals surface area contributed by atoms with Crippen LogP contribution in [0.1, 0.15) is 31.7 Å². The van der Waals surface area contributed by atoms with Gasteiger partial charge >= 0.3 is 11.7 Å². The maximum atomic E-state index is 12.1. The molecule has 0 bridgehead atoms. The van der Waals surface area contributed by atoms with Crippen molar-refractivity contribution in [2.75, 3.05) is 7.05 Å². The molecule has 0 fully saturated rings. The number of amides is 1. The number of carboxylic acid groups (broad SMARTS) is 1. The maximum absolute atomic E-state index is 12.1. The van der Waals surface area contributed by atoms with Gasteiger partial charge in [-0.05, 0) is 27.7 Å². The fourth-order valence-electron chi connectivity index (χ4n) is 1.99. The molecule has 0 spiro atoms. The molecule has 1 aromatic rings. The Kier molecular flexibility index (Phi) is 4.90. The summed E-state index contributed by atoms with van der Waals surface area (Å²) >= 11 is 0. The zero-order valence-electron chi connectivity index (χ0n) is 13.3. The lowest BCUT2D eigenvalue weighted by Gasteiger charge is -2.31. The summed E-state index contributed by atoms with van der Waals surface area (Å²) in [6.45, 7) is 6.11. The number of nitrogens with zero attached hydrogens (tertiary/aromatic N) is 4. The zero-order valence-corrected chi connectivity index (χ0v) is 13.3. The summed E-state index contributed by atoms with van der Waals surface area (Å²) in [6.07, 6.45) is 0.00627. The Hall–Kier alpha value is -2.45. The second-order valence-corrected chi connectivity index (χ2v) is 5.57. The van der Waals surface area contributed by atoms with Crippen LogP contribution in [0.3, 0.4) is 0 Å². The molecule has 1 rings (SSSR count). The smallest absolute Gasteiger partial charge is 0.329 e. The van der Waals surface area contributed by atoms with Crippen molar-refractivity contribution in [1.29, 1.82) is 0 Å². The van der Waals surface area contributed by atoms with Gasteiger partial charge in [0, 0.05) is 13.5 Å². The third kappa shape index (κ3) is 3.23. The molecule has 9 nitrogen and oxygen atoms in total. The van der Waals surface area contributed by atoms with Gasteiger partial charge in [0.2, 0.25) is 5.91 Å². The molecule has 1 N–H and O–H groups in total. The molecular weight excluding hydrogens is 292 g/mol. The molecule has 0 radical (unpaired) electrons. The van der Waals surface area contributed by atoms with E-state index in [1.165, 1.54) is 32.5 Å². The van der Waals surface area contributed by atoms with Gasteiger partial charge in [0.1, 0.15) is 16.9 Å². The molecule has 122 valence electrons. The van der Waals surface area contributed by atoms with E-state index in [1.54, 1.807) is 6.92 Å². The van der Waals surface area contributed by atoms with Crippen LogP contribution < -0.4 is 0 Å². The summed E-state index contributed by atoms with van der Waals surface area (Å²) in [7, 11) is 1.42. The van der Waals surface area contributed by atoms with Crippen molar-refractivity contribution in [3.8, 4) is 0 Å². The van der Waals surface area contributed by atoms with Crippen LogP contribution in [0.2, 0.25) is 0 Å². The minimum absolute atomic E-state index is 0.00627. The van der Waals surface area contributed by atoms with Gasteiger partial charge in [0.25, 0.3) is 0 Å². The molecule has 0 saturated carbocycles. The molecule has 0 aliphatic rings. The van der Waals surface area contributed by atoms with Gasteiger partial charge in [-0.1, -0.05) is 0 Å². The molecule has 9 heteroatoms. The van der Waals surface area contributed by atoms with Crippen LogP contribution in [0.25, 0.3) is 0 Å². The van der Waals surface area contributed by atoms with Gasteiger partial charge in [-0.2, -0.15) is 5.10 Å². The summed E-state index contributed by atoms with van der Waals surface area (Å²) in [5, 5.41) is 24.1. The molecule has 0 aliphatic carbocycles. The van der Waals surface area contributed by atoms with Gasteiger partial charge in [-0.15, -0.1) is 0 Å². The monoisotopic (exact) mass is 312 g/mol. The van der Waals surface area contributed by atoms with E-state index in [0.717, 1.165) is 4.90 Å². The van der Waals surface area contributed by atoms with E-state index in [0.29, 0.717) is 5.69 Å². The number of aryl methyl sites for hydroxylation is 2. The van der Waals surface area contributed by atoms with Crippen molar-refractivity contribution in [1.82, 2.24) is 14.7 Å². The number of likely N-dealkylation sites (N-methyl/N-ethyl adjacent to an activating group) is 1. The number of carbonyl (C=O) groups excluding carboxylic acids is 1. The largest absolute Gasteiger partial charge is 0.480 e.